The fraction of sp³-hybridized carbons (Fsp3) is 0.125. The Morgan fingerprint density at radius 3 is 2.83 bits per heavy atom. The zero-order valence-corrected chi connectivity index (χ0v) is 12.2. The summed E-state index contributed by atoms with van der Waals surface area (Å²) in [6.07, 6.45) is 7.40. The van der Waals surface area contributed by atoms with Crippen molar-refractivity contribution < 1.29 is 13.9 Å². The van der Waals surface area contributed by atoms with Crippen LogP contribution in [0.1, 0.15) is 11.4 Å². The predicted octanol–water partition coefficient (Wildman–Crippen LogP) is 2.56. The summed E-state index contributed by atoms with van der Waals surface area (Å²) in [5.41, 5.74) is 2.77. The fourth-order valence-electron chi connectivity index (χ4n) is 1.97. The molecule has 116 valence electrons. The number of furan rings is 1. The first kappa shape index (κ1) is 14.7. The third-order valence-electron chi connectivity index (χ3n) is 3.05. The van der Waals surface area contributed by atoms with E-state index in [1.807, 2.05) is 6.07 Å². The zero-order chi connectivity index (χ0) is 15.9. The van der Waals surface area contributed by atoms with Gasteiger partial charge >= 0.3 is 6.09 Å². The molecular formula is C16H14N4O3. The molecule has 0 bridgehead atoms. The van der Waals surface area contributed by atoms with Crippen LogP contribution in [0.5, 0.6) is 0 Å². The van der Waals surface area contributed by atoms with Gasteiger partial charge in [-0.25, -0.2) is 4.79 Å². The molecule has 3 aromatic heterocycles. The summed E-state index contributed by atoms with van der Waals surface area (Å²) in [7, 11) is 0. The van der Waals surface area contributed by atoms with E-state index in [1.54, 1.807) is 49.3 Å². The average molecular weight is 310 g/mol. The van der Waals surface area contributed by atoms with Gasteiger partial charge in [0.25, 0.3) is 0 Å². The lowest BCUT2D eigenvalue weighted by atomic mass is 10.2. The minimum atomic E-state index is -0.542. The molecule has 0 radical (unpaired) electrons. The second kappa shape index (κ2) is 7.17. The van der Waals surface area contributed by atoms with Gasteiger partial charge in [0.05, 0.1) is 36.2 Å². The number of rotatable bonds is 5. The van der Waals surface area contributed by atoms with E-state index in [0.29, 0.717) is 17.1 Å². The van der Waals surface area contributed by atoms with Crippen LogP contribution in [0.3, 0.4) is 0 Å². The monoisotopic (exact) mass is 310 g/mol. The van der Waals surface area contributed by atoms with Gasteiger partial charge in [0.15, 0.2) is 0 Å². The molecule has 0 spiro atoms. The molecule has 1 N–H and O–H groups in total. The van der Waals surface area contributed by atoms with Crippen LogP contribution in [0.25, 0.3) is 11.3 Å². The molecule has 0 fully saturated rings. The number of nitrogens with one attached hydrogen (secondary N) is 1. The molecule has 0 atom stereocenters. The van der Waals surface area contributed by atoms with Crippen LogP contribution in [0.15, 0.2) is 59.8 Å². The molecule has 7 heteroatoms. The summed E-state index contributed by atoms with van der Waals surface area (Å²) < 4.78 is 10.2. The molecule has 3 rings (SSSR count). The number of hydrogen-bond donors (Lipinski definition) is 1. The van der Waals surface area contributed by atoms with Crippen molar-refractivity contribution in [3.8, 4) is 11.3 Å². The van der Waals surface area contributed by atoms with Gasteiger partial charge in [-0.1, -0.05) is 6.07 Å². The quantitative estimate of drug-likeness (QED) is 0.779. The van der Waals surface area contributed by atoms with Gasteiger partial charge in [0, 0.05) is 24.2 Å². The summed E-state index contributed by atoms with van der Waals surface area (Å²) in [5, 5.41) is 2.65. The number of amides is 1. The molecule has 0 aromatic carbocycles. The Hall–Kier alpha value is -3.22. The minimum absolute atomic E-state index is 0.113. The van der Waals surface area contributed by atoms with Crippen LogP contribution in [0, 0.1) is 0 Å². The Bertz CT molecular complexity index is 760. The molecule has 0 unspecified atom stereocenters. The van der Waals surface area contributed by atoms with Crippen LogP contribution < -0.4 is 5.32 Å². The highest BCUT2D eigenvalue weighted by molar-refractivity contribution is 5.68. The van der Waals surface area contributed by atoms with E-state index < -0.39 is 6.09 Å². The van der Waals surface area contributed by atoms with Crippen molar-refractivity contribution >= 4 is 6.09 Å². The maximum atomic E-state index is 11.8. The second-order valence-corrected chi connectivity index (χ2v) is 4.61. The third-order valence-corrected chi connectivity index (χ3v) is 3.05. The third kappa shape index (κ3) is 3.91. The molecule has 3 heterocycles. The first-order valence-electron chi connectivity index (χ1n) is 6.96. The molecule has 0 aliphatic rings. The van der Waals surface area contributed by atoms with Crippen molar-refractivity contribution in [2.75, 3.05) is 0 Å². The van der Waals surface area contributed by atoms with Crippen LogP contribution >= 0.6 is 0 Å². The summed E-state index contributed by atoms with van der Waals surface area (Å²) in [4.78, 5) is 24.3. The first-order chi connectivity index (χ1) is 11.3. The van der Waals surface area contributed by atoms with Crippen molar-refractivity contribution in [3.63, 3.8) is 0 Å². The van der Waals surface area contributed by atoms with Gasteiger partial charge in [-0.05, 0) is 18.2 Å². The first-order valence-corrected chi connectivity index (χ1v) is 6.96. The van der Waals surface area contributed by atoms with Crippen LogP contribution in [-0.4, -0.2) is 21.0 Å². The van der Waals surface area contributed by atoms with Crippen molar-refractivity contribution in [2.45, 2.75) is 13.2 Å². The number of carbonyl (C=O) groups is 1. The summed E-state index contributed by atoms with van der Waals surface area (Å²) in [6, 6.07) is 7.20. The molecule has 23 heavy (non-hydrogen) atoms. The van der Waals surface area contributed by atoms with Gasteiger partial charge in [-0.15, -0.1) is 0 Å². The molecule has 0 saturated heterocycles. The van der Waals surface area contributed by atoms with Crippen molar-refractivity contribution in [1.82, 2.24) is 20.3 Å². The minimum Gasteiger partial charge on any atom is -0.472 e. The highest BCUT2D eigenvalue weighted by Gasteiger charge is 2.11. The Labute approximate surface area is 132 Å². The maximum absolute atomic E-state index is 11.8. The second-order valence-electron chi connectivity index (χ2n) is 4.61. The highest BCUT2D eigenvalue weighted by atomic mass is 16.5. The Morgan fingerprint density at radius 1 is 1.13 bits per heavy atom. The number of pyridine rings is 1. The van der Waals surface area contributed by atoms with Crippen molar-refractivity contribution in [3.05, 3.63) is 66.8 Å². The number of alkyl carbamates (subject to hydrolysis) is 1. The topological polar surface area (TPSA) is 90.1 Å². The van der Waals surface area contributed by atoms with Gasteiger partial charge in [-0.2, -0.15) is 0 Å². The van der Waals surface area contributed by atoms with E-state index in [1.165, 1.54) is 0 Å². The molecule has 3 aromatic rings. The van der Waals surface area contributed by atoms with Crippen LogP contribution in [-0.2, 0) is 17.9 Å². The van der Waals surface area contributed by atoms with Gasteiger partial charge in [-0.3, -0.25) is 15.0 Å². The van der Waals surface area contributed by atoms with Gasteiger partial charge in [0.1, 0.15) is 6.61 Å². The lowest BCUT2D eigenvalue weighted by Crippen LogP contribution is -2.24. The highest BCUT2D eigenvalue weighted by Crippen LogP contribution is 2.19. The fourth-order valence-corrected chi connectivity index (χ4v) is 1.97. The molecule has 0 aliphatic heterocycles. The zero-order valence-electron chi connectivity index (χ0n) is 12.2. The van der Waals surface area contributed by atoms with Crippen molar-refractivity contribution in [2.24, 2.45) is 0 Å². The summed E-state index contributed by atoms with van der Waals surface area (Å²) in [6.45, 7) is 0.317. The maximum Gasteiger partial charge on any atom is 0.407 e. The molecule has 0 saturated carbocycles. The van der Waals surface area contributed by atoms with Gasteiger partial charge < -0.3 is 14.5 Å². The Morgan fingerprint density at radius 2 is 2.04 bits per heavy atom. The van der Waals surface area contributed by atoms with Crippen LogP contribution in [0.2, 0.25) is 0 Å². The van der Waals surface area contributed by atoms with E-state index in [0.717, 1.165) is 5.56 Å². The Balaban J connectivity index is 1.57. The summed E-state index contributed by atoms with van der Waals surface area (Å²) >= 11 is 0. The number of carbonyl (C=O) groups excluding carboxylic acids is 1. The van der Waals surface area contributed by atoms with E-state index in [-0.39, 0.29) is 13.2 Å². The number of nitrogens with zero attached hydrogens (tertiary/aromatic N) is 3. The number of aromatic nitrogens is 3. The van der Waals surface area contributed by atoms with E-state index >= 15 is 0 Å². The normalized spacial score (nSPS) is 10.3. The molecule has 1 amide bonds. The standard InChI is InChI=1S/C16H14N4O3/c21-16(23-11-13-3-1-2-5-17-13)20-9-14-15(19-7-6-18-14)12-4-8-22-10-12/h1-8,10H,9,11H2,(H,20,21). The van der Waals surface area contributed by atoms with Crippen LogP contribution in [0.4, 0.5) is 4.79 Å². The smallest absolute Gasteiger partial charge is 0.407 e. The number of hydrogen-bond acceptors (Lipinski definition) is 6. The van der Waals surface area contributed by atoms with E-state index in [9.17, 15) is 4.79 Å². The van der Waals surface area contributed by atoms with E-state index in [4.69, 9.17) is 9.15 Å². The lowest BCUT2D eigenvalue weighted by molar-refractivity contribution is 0.137. The van der Waals surface area contributed by atoms with Crippen molar-refractivity contribution in [1.29, 1.82) is 0 Å². The largest absolute Gasteiger partial charge is 0.472 e. The molecule has 0 aliphatic carbocycles. The average Bonchev–Trinajstić information content (AvgIpc) is 3.14. The van der Waals surface area contributed by atoms with Gasteiger partial charge in [0.2, 0.25) is 0 Å². The Kier molecular flexibility index (Phi) is 4.58. The number of ether oxygens (including phenoxy) is 1. The SMILES string of the molecule is O=C(NCc1nccnc1-c1ccoc1)OCc1ccccn1. The molecule has 7 nitrogen and oxygen atoms in total. The predicted molar refractivity (Wildman–Crippen MR) is 81.0 cm³/mol. The lowest BCUT2D eigenvalue weighted by Gasteiger charge is -2.08. The summed E-state index contributed by atoms with van der Waals surface area (Å²) in [5.74, 6) is 0. The molecular weight excluding hydrogens is 296 g/mol. The van der Waals surface area contributed by atoms with E-state index in [2.05, 4.69) is 20.3 Å².